The maximum atomic E-state index is 13.5. The monoisotopic (exact) mass is 302 g/mol. The third-order valence-corrected chi connectivity index (χ3v) is 3.64. The second kappa shape index (κ2) is 6.01. The zero-order valence-corrected chi connectivity index (χ0v) is 11.8. The molecule has 1 aromatic heterocycles. The minimum absolute atomic E-state index is 0.106. The molecule has 1 unspecified atom stereocenters. The van der Waals surface area contributed by atoms with Crippen LogP contribution in [0.1, 0.15) is 12.2 Å². The summed E-state index contributed by atoms with van der Waals surface area (Å²) in [4.78, 5) is 25.7. The third kappa shape index (κ3) is 3.00. The van der Waals surface area contributed by atoms with Gasteiger partial charge in [0.1, 0.15) is 11.6 Å². The van der Waals surface area contributed by atoms with Crippen LogP contribution in [0.3, 0.4) is 0 Å². The number of anilines is 1. The number of benzene rings is 1. The van der Waals surface area contributed by atoms with Crippen LogP contribution in [-0.2, 0) is 16.1 Å². The molecule has 1 atom stereocenters. The lowest BCUT2D eigenvalue weighted by atomic mass is 10.1. The standard InChI is InChI=1S/C16H15FN2O3/c17-13-5-1-2-6-14(13)18-16(21)11-8-15(20)19(9-11)10-12-4-3-7-22-12/h1-7,11H,8-10H2,(H,18,21). The van der Waals surface area contributed by atoms with Crippen molar-refractivity contribution >= 4 is 17.5 Å². The molecule has 1 N–H and O–H groups in total. The van der Waals surface area contributed by atoms with Gasteiger partial charge in [-0.15, -0.1) is 0 Å². The van der Waals surface area contributed by atoms with Crippen molar-refractivity contribution in [2.45, 2.75) is 13.0 Å². The van der Waals surface area contributed by atoms with E-state index in [1.807, 2.05) is 0 Å². The Labute approximate surface area is 126 Å². The van der Waals surface area contributed by atoms with E-state index in [1.165, 1.54) is 18.4 Å². The lowest BCUT2D eigenvalue weighted by Crippen LogP contribution is -2.28. The molecule has 1 saturated heterocycles. The molecule has 2 heterocycles. The van der Waals surface area contributed by atoms with E-state index in [1.54, 1.807) is 29.2 Å². The van der Waals surface area contributed by atoms with Crippen LogP contribution in [0.15, 0.2) is 47.1 Å². The summed E-state index contributed by atoms with van der Waals surface area (Å²) in [5.41, 5.74) is 0.129. The lowest BCUT2D eigenvalue weighted by molar-refractivity contribution is -0.128. The fourth-order valence-electron chi connectivity index (χ4n) is 2.49. The number of carbonyl (C=O) groups is 2. The number of hydrogen-bond acceptors (Lipinski definition) is 3. The Kier molecular flexibility index (Phi) is 3.91. The van der Waals surface area contributed by atoms with E-state index in [0.29, 0.717) is 18.8 Å². The van der Waals surface area contributed by atoms with Gasteiger partial charge >= 0.3 is 0 Å². The number of furan rings is 1. The molecule has 1 aliphatic heterocycles. The van der Waals surface area contributed by atoms with E-state index in [9.17, 15) is 14.0 Å². The highest BCUT2D eigenvalue weighted by atomic mass is 19.1. The van der Waals surface area contributed by atoms with Crippen LogP contribution in [-0.4, -0.2) is 23.3 Å². The van der Waals surface area contributed by atoms with Crippen molar-refractivity contribution in [3.63, 3.8) is 0 Å². The number of nitrogens with one attached hydrogen (secondary N) is 1. The number of para-hydroxylation sites is 1. The minimum Gasteiger partial charge on any atom is -0.467 e. The molecule has 5 nitrogen and oxygen atoms in total. The van der Waals surface area contributed by atoms with Crippen molar-refractivity contribution in [1.82, 2.24) is 4.90 Å². The zero-order chi connectivity index (χ0) is 15.5. The van der Waals surface area contributed by atoms with Crippen molar-refractivity contribution < 1.29 is 18.4 Å². The van der Waals surface area contributed by atoms with Crippen molar-refractivity contribution in [1.29, 1.82) is 0 Å². The molecule has 0 aliphatic carbocycles. The molecule has 2 aromatic rings. The molecule has 1 fully saturated rings. The third-order valence-electron chi connectivity index (χ3n) is 3.64. The Bertz CT molecular complexity index is 684. The molecule has 2 amide bonds. The molecule has 0 spiro atoms. The molecule has 1 aromatic carbocycles. The second-order valence-corrected chi connectivity index (χ2v) is 5.22. The summed E-state index contributed by atoms with van der Waals surface area (Å²) in [6.45, 7) is 0.648. The normalized spacial score (nSPS) is 17.8. The highest BCUT2D eigenvalue weighted by molar-refractivity contribution is 5.97. The minimum atomic E-state index is -0.493. The highest BCUT2D eigenvalue weighted by Crippen LogP contribution is 2.22. The first kappa shape index (κ1) is 14.3. The van der Waals surface area contributed by atoms with Gasteiger partial charge in [0.25, 0.3) is 0 Å². The summed E-state index contributed by atoms with van der Waals surface area (Å²) in [6.07, 6.45) is 1.67. The van der Waals surface area contributed by atoms with Crippen LogP contribution in [0.5, 0.6) is 0 Å². The molecule has 0 saturated carbocycles. The number of amides is 2. The highest BCUT2D eigenvalue weighted by Gasteiger charge is 2.34. The molecule has 0 radical (unpaired) electrons. The van der Waals surface area contributed by atoms with Crippen molar-refractivity contribution in [2.24, 2.45) is 5.92 Å². The molecule has 22 heavy (non-hydrogen) atoms. The maximum absolute atomic E-state index is 13.5. The van der Waals surface area contributed by atoms with E-state index >= 15 is 0 Å². The first-order chi connectivity index (χ1) is 10.6. The van der Waals surface area contributed by atoms with E-state index < -0.39 is 11.7 Å². The molecule has 114 valence electrons. The predicted octanol–water partition coefficient (Wildman–Crippen LogP) is 2.41. The van der Waals surface area contributed by atoms with Crippen molar-refractivity contribution in [3.8, 4) is 0 Å². The summed E-state index contributed by atoms with van der Waals surface area (Å²) in [7, 11) is 0. The zero-order valence-electron chi connectivity index (χ0n) is 11.8. The summed E-state index contributed by atoms with van der Waals surface area (Å²) in [6, 6.07) is 9.48. The molecule has 1 aliphatic rings. The van der Waals surface area contributed by atoms with Crippen LogP contribution in [0.4, 0.5) is 10.1 Å². The summed E-state index contributed by atoms with van der Waals surface area (Å²) in [5.74, 6) is -0.760. The molecule has 0 bridgehead atoms. The first-order valence-electron chi connectivity index (χ1n) is 6.99. The largest absolute Gasteiger partial charge is 0.467 e. The van der Waals surface area contributed by atoms with Crippen molar-refractivity contribution in [2.75, 3.05) is 11.9 Å². The fourth-order valence-corrected chi connectivity index (χ4v) is 2.49. The smallest absolute Gasteiger partial charge is 0.229 e. The van der Waals surface area contributed by atoms with Crippen molar-refractivity contribution in [3.05, 3.63) is 54.2 Å². The van der Waals surface area contributed by atoms with Crippen LogP contribution in [0.2, 0.25) is 0 Å². The number of rotatable bonds is 4. The Hall–Kier alpha value is -2.63. The van der Waals surface area contributed by atoms with Gasteiger partial charge in [-0.2, -0.15) is 0 Å². The average Bonchev–Trinajstić information content (AvgIpc) is 3.13. The number of nitrogens with zero attached hydrogens (tertiary/aromatic N) is 1. The Morgan fingerprint density at radius 3 is 2.86 bits per heavy atom. The molecule has 6 heteroatoms. The van der Waals surface area contributed by atoms with Gasteiger partial charge in [-0.1, -0.05) is 12.1 Å². The van der Waals surface area contributed by atoms with Gasteiger partial charge in [-0.05, 0) is 24.3 Å². The van der Waals surface area contributed by atoms with E-state index in [2.05, 4.69) is 5.32 Å². The number of halogens is 1. The fraction of sp³-hybridized carbons (Fsp3) is 0.250. The summed E-state index contributed by atoms with van der Waals surface area (Å²) in [5, 5.41) is 2.54. The number of likely N-dealkylation sites (tertiary alicyclic amines) is 1. The van der Waals surface area contributed by atoms with E-state index in [-0.39, 0.29) is 23.9 Å². The first-order valence-corrected chi connectivity index (χ1v) is 6.99. The van der Waals surface area contributed by atoms with Crippen LogP contribution < -0.4 is 5.32 Å². The molecular formula is C16H15FN2O3. The topological polar surface area (TPSA) is 62.6 Å². The average molecular weight is 302 g/mol. The predicted molar refractivity (Wildman–Crippen MR) is 77.3 cm³/mol. The van der Waals surface area contributed by atoms with Gasteiger partial charge in [-0.25, -0.2) is 4.39 Å². The number of hydrogen-bond donors (Lipinski definition) is 1. The SMILES string of the molecule is O=C(Nc1ccccc1F)C1CC(=O)N(Cc2ccco2)C1. The van der Waals surface area contributed by atoms with Gasteiger partial charge in [0.15, 0.2) is 0 Å². The second-order valence-electron chi connectivity index (χ2n) is 5.22. The Morgan fingerprint density at radius 2 is 2.14 bits per heavy atom. The van der Waals surface area contributed by atoms with Crippen LogP contribution >= 0.6 is 0 Å². The van der Waals surface area contributed by atoms with E-state index in [4.69, 9.17) is 4.42 Å². The van der Waals surface area contributed by atoms with Gasteiger partial charge in [0, 0.05) is 13.0 Å². The number of carbonyl (C=O) groups excluding carboxylic acids is 2. The van der Waals surface area contributed by atoms with Gasteiger partial charge < -0.3 is 14.6 Å². The maximum Gasteiger partial charge on any atom is 0.229 e. The Balaban J connectivity index is 1.62. The Morgan fingerprint density at radius 1 is 1.32 bits per heavy atom. The van der Waals surface area contributed by atoms with Gasteiger partial charge in [0.2, 0.25) is 11.8 Å². The van der Waals surface area contributed by atoms with Gasteiger partial charge in [0.05, 0.1) is 24.4 Å². The van der Waals surface area contributed by atoms with Gasteiger partial charge in [-0.3, -0.25) is 9.59 Å². The van der Waals surface area contributed by atoms with E-state index in [0.717, 1.165) is 0 Å². The lowest BCUT2D eigenvalue weighted by Gasteiger charge is -2.15. The summed E-state index contributed by atoms with van der Waals surface area (Å²) < 4.78 is 18.7. The quantitative estimate of drug-likeness (QED) is 0.943. The molecule has 3 rings (SSSR count). The summed E-state index contributed by atoms with van der Waals surface area (Å²) >= 11 is 0. The van der Waals surface area contributed by atoms with Crippen LogP contribution in [0, 0.1) is 11.7 Å². The molecular weight excluding hydrogens is 287 g/mol. The van der Waals surface area contributed by atoms with Crippen LogP contribution in [0.25, 0.3) is 0 Å².